The van der Waals surface area contributed by atoms with Crippen LogP contribution in [0.3, 0.4) is 0 Å². The lowest BCUT2D eigenvalue weighted by Crippen LogP contribution is -2.46. The Kier molecular flexibility index (Phi) is 5.87. The topological polar surface area (TPSA) is 86.8 Å². The molecule has 5 nitrogen and oxygen atoms in total. The van der Waals surface area contributed by atoms with Crippen LogP contribution < -0.4 is 5.73 Å². The van der Waals surface area contributed by atoms with E-state index in [2.05, 4.69) is 0 Å². The van der Waals surface area contributed by atoms with Crippen LogP contribution >= 0.6 is 12.2 Å². The maximum atomic E-state index is 10.4. The number of carbonyl (C=O) groups is 1. The monoisotopic (exact) mass is 258 g/mol. The Balaban J connectivity index is 2.37. The summed E-state index contributed by atoms with van der Waals surface area (Å²) in [5, 5.41) is 17.7. The summed E-state index contributed by atoms with van der Waals surface area (Å²) in [7, 11) is 0.0992. The molecule has 0 saturated carbocycles. The van der Waals surface area contributed by atoms with Gasteiger partial charge in [-0.1, -0.05) is 12.2 Å². The average Bonchev–Trinajstić information content (AvgIpc) is 2.75. The van der Waals surface area contributed by atoms with Gasteiger partial charge in [0.05, 0.1) is 11.0 Å². The Labute approximate surface area is 107 Å². The van der Waals surface area contributed by atoms with Crippen molar-refractivity contribution in [3.8, 4) is 0 Å². The van der Waals surface area contributed by atoms with E-state index in [0.717, 1.165) is 19.4 Å². The standard InChI is InChI=1S/C10H19BN2O3S/c12-7(3-1-5-9(14)15)10(17)13-6-2-4-8(13)11-16/h7-8,11,16H,1-6,12H2,(H,14,15)/t7-,8?/m0/s1. The summed E-state index contributed by atoms with van der Waals surface area (Å²) in [4.78, 5) is 13.0. The summed E-state index contributed by atoms with van der Waals surface area (Å²) >= 11 is 5.30. The molecular weight excluding hydrogens is 239 g/mol. The smallest absolute Gasteiger partial charge is 0.303 e. The molecule has 17 heavy (non-hydrogen) atoms. The summed E-state index contributed by atoms with van der Waals surface area (Å²) < 4.78 is 0. The van der Waals surface area contributed by atoms with Crippen LogP contribution in [-0.2, 0) is 4.79 Å². The van der Waals surface area contributed by atoms with E-state index in [-0.39, 0.29) is 25.9 Å². The summed E-state index contributed by atoms with van der Waals surface area (Å²) in [6.07, 6.45) is 3.21. The Bertz CT molecular complexity index is 291. The molecule has 2 atom stereocenters. The number of nitrogens with zero attached hydrogens (tertiary/aromatic N) is 1. The Morgan fingerprint density at radius 1 is 1.65 bits per heavy atom. The van der Waals surface area contributed by atoms with E-state index >= 15 is 0 Å². The van der Waals surface area contributed by atoms with Gasteiger partial charge < -0.3 is 20.8 Å². The average molecular weight is 258 g/mol. The van der Waals surface area contributed by atoms with Crippen molar-refractivity contribution in [3.63, 3.8) is 0 Å². The van der Waals surface area contributed by atoms with E-state index in [1.165, 1.54) is 0 Å². The van der Waals surface area contributed by atoms with Gasteiger partial charge in [-0.15, -0.1) is 0 Å². The molecule has 0 radical (unpaired) electrons. The van der Waals surface area contributed by atoms with Gasteiger partial charge in [-0.2, -0.15) is 0 Å². The number of aliphatic carboxylic acids is 1. The maximum Gasteiger partial charge on any atom is 0.303 e. The van der Waals surface area contributed by atoms with E-state index in [4.69, 9.17) is 23.1 Å². The van der Waals surface area contributed by atoms with E-state index in [0.29, 0.717) is 17.8 Å². The molecule has 1 aliphatic rings. The van der Waals surface area contributed by atoms with Crippen LogP contribution in [0.25, 0.3) is 0 Å². The van der Waals surface area contributed by atoms with Crippen molar-refractivity contribution in [1.82, 2.24) is 4.90 Å². The number of hydrogen-bond donors (Lipinski definition) is 3. The highest BCUT2D eigenvalue weighted by atomic mass is 32.1. The Morgan fingerprint density at radius 3 is 2.94 bits per heavy atom. The molecule has 0 spiro atoms. The van der Waals surface area contributed by atoms with Gasteiger partial charge in [0, 0.05) is 18.9 Å². The molecule has 0 aromatic carbocycles. The first kappa shape index (κ1) is 14.4. The van der Waals surface area contributed by atoms with Crippen molar-refractivity contribution in [2.24, 2.45) is 5.73 Å². The zero-order chi connectivity index (χ0) is 12.8. The van der Waals surface area contributed by atoms with Crippen LogP contribution in [-0.4, -0.2) is 52.0 Å². The Morgan fingerprint density at radius 2 is 2.35 bits per heavy atom. The van der Waals surface area contributed by atoms with Gasteiger partial charge in [0.25, 0.3) is 7.48 Å². The van der Waals surface area contributed by atoms with Crippen molar-refractivity contribution in [2.45, 2.75) is 44.1 Å². The zero-order valence-corrected chi connectivity index (χ0v) is 10.7. The highest BCUT2D eigenvalue weighted by Gasteiger charge is 2.28. The van der Waals surface area contributed by atoms with E-state index in [1.54, 1.807) is 0 Å². The fourth-order valence-corrected chi connectivity index (χ4v) is 2.48. The van der Waals surface area contributed by atoms with Gasteiger partial charge in [0.1, 0.15) is 0 Å². The lowest BCUT2D eigenvalue weighted by atomic mass is 9.86. The second-order valence-electron chi connectivity index (χ2n) is 4.40. The number of thiocarbonyl (C=S) groups is 1. The highest BCUT2D eigenvalue weighted by molar-refractivity contribution is 7.80. The van der Waals surface area contributed by atoms with Crippen LogP contribution in [0.2, 0.25) is 0 Å². The van der Waals surface area contributed by atoms with Crippen molar-refractivity contribution < 1.29 is 14.9 Å². The number of hydrogen-bond acceptors (Lipinski definition) is 4. The van der Waals surface area contributed by atoms with E-state index in [9.17, 15) is 9.82 Å². The van der Waals surface area contributed by atoms with Crippen molar-refractivity contribution in [3.05, 3.63) is 0 Å². The van der Waals surface area contributed by atoms with Crippen molar-refractivity contribution in [2.75, 3.05) is 6.54 Å². The largest absolute Gasteiger partial charge is 0.481 e. The maximum absolute atomic E-state index is 10.4. The minimum absolute atomic E-state index is 0.0908. The fraction of sp³-hybridized carbons (Fsp3) is 0.800. The van der Waals surface area contributed by atoms with Gasteiger partial charge in [-0.25, -0.2) is 0 Å². The molecule has 0 aromatic rings. The Hall–Kier alpha value is -0.655. The van der Waals surface area contributed by atoms with Crippen LogP contribution in [0.5, 0.6) is 0 Å². The highest BCUT2D eigenvalue weighted by Crippen LogP contribution is 2.18. The number of nitrogens with two attached hydrogens (primary N) is 1. The third kappa shape index (κ3) is 4.25. The number of carboxylic acids is 1. The van der Waals surface area contributed by atoms with Gasteiger partial charge >= 0.3 is 5.97 Å². The summed E-state index contributed by atoms with van der Waals surface area (Å²) in [5.74, 6) is -0.717. The lowest BCUT2D eigenvalue weighted by Gasteiger charge is -2.28. The zero-order valence-electron chi connectivity index (χ0n) is 9.84. The molecule has 7 heteroatoms. The normalized spacial score (nSPS) is 21.3. The minimum Gasteiger partial charge on any atom is -0.481 e. The number of rotatable bonds is 6. The second kappa shape index (κ2) is 6.93. The molecule has 0 bridgehead atoms. The van der Waals surface area contributed by atoms with Gasteiger partial charge in [-0.05, 0) is 25.7 Å². The van der Waals surface area contributed by atoms with Crippen LogP contribution in [0.4, 0.5) is 0 Å². The summed E-state index contributed by atoms with van der Waals surface area (Å²) in [5.41, 5.74) is 5.94. The molecule has 0 amide bonds. The SMILES string of the molecule is N[C@@H](CCCC(=O)O)C(=S)N1CCCC1BO. The molecule has 1 unspecified atom stereocenters. The van der Waals surface area contributed by atoms with Crippen molar-refractivity contribution >= 4 is 30.7 Å². The molecule has 1 heterocycles. The first-order valence-electron chi connectivity index (χ1n) is 5.95. The molecule has 96 valence electrons. The predicted octanol–water partition coefficient (Wildman–Crippen LogP) is -0.338. The van der Waals surface area contributed by atoms with Crippen molar-refractivity contribution in [1.29, 1.82) is 0 Å². The first-order chi connectivity index (χ1) is 8.06. The van der Waals surface area contributed by atoms with Gasteiger partial charge in [0.2, 0.25) is 0 Å². The van der Waals surface area contributed by atoms with E-state index in [1.807, 2.05) is 4.90 Å². The lowest BCUT2D eigenvalue weighted by molar-refractivity contribution is -0.137. The number of likely N-dealkylation sites (tertiary alicyclic amines) is 1. The molecule has 1 fully saturated rings. The molecule has 0 aliphatic carbocycles. The predicted molar refractivity (Wildman–Crippen MR) is 71.2 cm³/mol. The second-order valence-corrected chi connectivity index (χ2v) is 4.82. The number of carboxylic acid groups (broad SMARTS) is 1. The molecule has 0 aromatic heterocycles. The third-order valence-electron chi connectivity index (χ3n) is 3.09. The quantitative estimate of drug-likeness (QED) is 0.446. The summed E-state index contributed by atoms with van der Waals surface area (Å²) in [6.45, 7) is 0.844. The minimum atomic E-state index is -0.808. The molecule has 4 N–H and O–H groups in total. The molecule has 1 aliphatic heterocycles. The molecule has 1 rings (SSSR count). The first-order valence-corrected chi connectivity index (χ1v) is 6.35. The van der Waals surface area contributed by atoms with Gasteiger partial charge in [-0.3, -0.25) is 4.79 Å². The van der Waals surface area contributed by atoms with Crippen LogP contribution in [0, 0.1) is 0 Å². The molecule has 1 saturated heterocycles. The summed E-state index contributed by atoms with van der Waals surface area (Å²) in [6, 6.07) is -0.281. The van der Waals surface area contributed by atoms with E-state index < -0.39 is 5.97 Å². The van der Waals surface area contributed by atoms with Crippen LogP contribution in [0.15, 0.2) is 0 Å². The molecular formula is C10H19BN2O3S. The fourth-order valence-electron chi connectivity index (χ4n) is 2.13. The van der Waals surface area contributed by atoms with Crippen LogP contribution in [0.1, 0.15) is 32.1 Å². The van der Waals surface area contributed by atoms with Gasteiger partial charge in [0.15, 0.2) is 0 Å². The third-order valence-corrected chi connectivity index (χ3v) is 3.63.